The molecule has 0 aliphatic rings. The van der Waals surface area contributed by atoms with E-state index in [4.69, 9.17) is 16.6 Å². The van der Waals surface area contributed by atoms with E-state index in [2.05, 4.69) is 15.3 Å². The molecule has 126 valence electrons. The molecule has 4 aromatic rings. The molecule has 0 amide bonds. The van der Waals surface area contributed by atoms with Crippen molar-refractivity contribution >= 4 is 44.9 Å². The predicted octanol–water partition coefficient (Wildman–Crippen LogP) is 3.45. The van der Waals surface area contributed by atoms with Gasteiger partial charge in [-0.1, -0.05) is 17.7 Å². The van der Waals surface area contributed by atoms with Crippen molar-refractivity contribution < 1.29 is 5.11 Å². The van der Waals surface area contributed by atoms with Gasteiger partial charge in [-0.2, -0.15) is 0 Å². The largest absolute Gasteiger partial charge is 0.396 e. The Kier molecular flexibility index (Phi) is 3.99. The minimum absolute atomic E-state index is 0.0435. The second kappa shape index (κ2) is 6.31. The van der Waals surface area contributed by atoms with Crippen LogP contribution in [0, 0.1) is 0 Å². The first-order chi connectivity index (χ1) is 12.2. The van der Waals surface area contributed by atoms with Gasteiger partial charge in [0, 0.05) is 35.8 Å². The lowest BCUT2D eigenvalue weighted by molar-refractivity contribution is 0.295. The lowest BCUT2D eigenvalue weighted by atomic mass is 10.1. The Hall–Kier alpha value is -2.70. The number of nitrogens with zero attached hydrogens (tertiary/aromatic N) is 4. The van der Waals surface area contributed by atoms with Crippen molar-refractivity contribution in [1.82, 2.24) is 19.5 Å². The van der Waals surface area contributed by atoms with Crippen molar-refractivity contribution in [3.05, 3.63) is 53.7 Å². The molecule has 0 fully saturated rings. The van der Waals surface area contributed by atoms with Crippen LogP contribution in [0.4, 0.5) is 11.4 Å². The lowest BCUT2D eigenvalue weighted by Crippen LogP contribution is -2.08. The summed E-state index contributed by atoms with van der Waals surface area (Å²) in [6.45, 7) is 0.0435. The summed E-state index contributed by atoms with van der Waals surface area (Å²) < 4.78 is 1.92. The second-order valence-electron chi connectivity index (χ2n) is 5.81. The molecule has 0 aliphatic heterocycles. The number of nitrogens with one attached hydrogen (secondary N) is 1. The standard InChI is InChI=1S/C18H16ClN5O/c1-24-9-11-7-14-17(21-10-20-14)18(16(11)23-15(24)5-6-25)22-13-4-2-3-12(19)8-13/h2-4,7-10,22,25H,5-6H2,1H3. The summed E-state index contributed by atoms with van der Waals surface area (Å²) in [5.41, 5.74) is 3.97. The number of aliphatic hydroxyl groups excluding tert-OH is 1. The Labute approximate surface area is 149 Å². The number of benzene rings is 2. The average Bonchev–Trinajstić information content (AvgIpc) is 3.04. The van der Waals surface area contributed by atoms with Crippen molar-refractivity contribution in [3.63, 3.8) is 0 Å². The molecule has 2 heterocycles. The van der Waals surface area contributed by atoms with Crippen molar-refractivity contribution in [3.8, 4) is 0 Å². The summed E-state index contributed by atoms with van der Waals surface area (Å²) in [4.78, 5) is 13.5. The van der Waals surface area contributed by atoms with Gasteiger partial charge in [-0.25, -0.2) is 15.0 Å². The van der Waals surface area contributed by atoms with Crippen LogP contribution in [0.3, 0.4) is 0 Å². The van der Waals surface area contributed by atoms with Gasteiger partial charge in [0.05, 0.1) is 23.3 Å². The van der Waals surface area contributed by atoms with E-state index in [0.717, 1.165) is 39.1 Å². The topological polar surface area (TPSA) is 75.9 Å². The Morgan fingerprint density at radius 3 is 2.88 bits per heavy atom. The number of anilines is 2. The van der Waals surface area contributed by atoms with Crippen LogP contribution >= 0.6 is 11.6 Å². The monoisotopic (exact) mass is 353 g/mol. The predicted molar refractivity (Wildman–Crippen MR) is 99.3 cm³/mol. The van der Waals surface area contributed by atoms with Crippen LogP contribution in [-0.4, -0.2) is 31.2 Å². The maximum Gasteiger partial charge on any atom is 0.117 e. The Morgan fingerprint density at radius 1 is 1.20 bits per heavy atom. The molecule has 0 saturated carbocycles. The first-order valence-electron chi connectivity index (χ1n) is 7.89. The molecular formula is C18H16ClN5O. The van der Waals surface area contributed by atoms with E-state index >= 15 is 0 Å². The molecule has 0 atom stereocenters. The fourth-order valence-corrected chi connectivity index (χ4v) is 3.11. The third-order valence-electron chi connectivity index (χ3n) is 4.08. The fourth-order valence-electron chi connectivity index (χ4n) is 2.92. The van der Waals surface area contributed by atoms with E-state index in [1.807, 2.05) is 48.1 Å². The number of hydrogen-bond acceptors (Lipinski definition) is 5. The molecule has 2 aromatic heterocycles. The van der Waals surface area contributed by atoms with E-state index in [1.165, 1.54) is 0 Å². The van der Waals surface area contributed by atoms with E-state index in [-0.39, 0.29) is 6.61 Å². The third kappa shape index (κ3) is 2.90. The average molecular weight is 354 g/mol. The van der Waals surface area contributed by atoms with Crippen LogP contribution in [0.2, 0.25) is 5.02 Å². The van der Waals surface area contributed by atoms with Gasteiger partial charge in [-0.05, 0) is 24.3 Å². The highest BCUT2D eigenvalue weighted by atomic mass is 35.5. The summed E-state index contributed by atoms with van der Waals surface area (Å²) >= 11 is 6.10. The van der Waals surface area contributed by atoms with Crippen LogP contribution in [0.5, 0.6) is 0 Å². The number of aliphatic hydroxyl groups is 1. The molecule has 7 heteroatoms. The van der Waals surface area contributed by atoms with Crippen LogP contribution in [0.1, 0.15) is 5.82 Å². The van der Waals surface area contributed by atoms with E-state index in [1.54, 1.807) is 6.33 Å². The molecule has 0 radical (unpaired) electrons. The van der Waals surface area contributed by atoms with Crippen molar-refractivity contribution in [2.24, 2.45) is 7.05 Å². The van der Waals surface area contributed by atoms with Crippen molar-refractivity contribution in [2.75, 3.05) is 11.9 Å². The highest BCUT2D eigenvalue weighted by Crippen LogP contribution is 2.32. The van der Waals surface area contributed by atoms with Crippen molar-refractivity contribution in [2.45, 2.75) is 6.42 Å². The number of imidazole rings is 1. The highest BCUT2D eigenvalue weighted by molar-refractivity contribution is 6.30. The summed E-state index contributed by atoms with van der Waals surface area (Å²) in [5, 5.41) is 14.3. The maximum atomic E-state index is 9.28. The fraction of sp³-hybridized carbons (Fsp3) is 0.167. The molecule has 0 aliphatic carbocycles. The Bertz CT molecular complexity index is 1080. The van der Waals surface area contributed by atoms with Gasteiger partial charge in [-0.3, -0.25) is 0 Å². The molecule has 0 unspecified atom stereocenters. The molecule has 2 aromatic carbocycles. The summed E-state index contributed by atoms with van der Waals surface area (Å²) in [6, 6.07) is 9.46. The third-order valence-corrected chi connectivity index (χ3v) is 4.31. The number of aromatic nitrogens is 4. The van der Waals surface area contributed by atoms with E-state index in [0.29, 0.717) is 11.4 Å². The number of fused-ring (bicyclic) bond motifs is 2. The lowest BCUT2D eigenvalue weighted by Gasteiger charge is -2.14. The Morgan fingerprint density at radius 2 is 2.08 bits per heavy atom. The summed E-state index contributed by atoms with van der Waals surface area (Å²) in [5.74, 6) is 0.794. The van der Waals surface area contributed by atoms with Gasteiger partial charge in [0.15, 0.2) is 0 Å². The number of rotatable bonds is 4. The van der Waals surface area contributed by atoms with E-state index in [9.17, 15) is 5.11 Å². The number of hydrogen-bond donors (Lipinski definition) is 2. The minimum Gasteiger partial charge on any atom is -0.396 e. The van der Waals surface area contributed by atoms with Gasteiger partial charge in [0.2, 0.25) is 0 Å². The highest BCUT2D eigenvalue weighted by Gasteiger charge is 2.14. The second-order valence-corrected chi connectivity index (χ2v) is 6.24. The maximum absolute atomic E-state index is 9.28. The van der Waals surface area contributed by atoms with Crippen LogP contribution in [0.15, 0.2) is 42.9 Å². The molecule has 6 nitrogen and oxygen atoms in total. The molecule has 0 saturated heterocycles. The van der Waals surface area contributed by atoms with Gasteiger partial charge < -0.3 is 15.0 Å². The van der Waals surface area contributed by atoms with Crippen LogP contribution in [0.25, 0.3) is 21.9 Å². The molecule has 25 heavy (non-hydrogen) atoms. The van der Waals surface area contributed by atoms with Gasteiger partial charge in [0.1, 0.15) is 17.7 Å². The van der Waals surface area contributed by atoms with Crippen LogP contribution in [-0.2, 0) is 13.5 Å². The first kappa shape index (κ1) is 15.8. The van der Waals surface area contributed by atoms with Gasteiger partial charge in [0.25, 0.3) is 0 Å². The van der Waals surface area contributed by atoms with Crippen molar-refractivity contribution in [1.29, 1.82) is 0 Å². The molecule has 2 N–H and O–H groups in total. The number of halogens is 1. The molecular weight excluding hydrogens is 338 g/mol. The van der Waals surface area contributed by atoms with Gasteiger partial charge >= 0.3 is 0 Å². The molecule has 0 bridgehead atoms. The minimum atomic E-state index is 0.0435. The zero-order valence-electron chi connectivity index (χ0n) is 13.6. The SMILES string of the molecule is Cn1cc2cc3ncnc3c(Nc3cccc(Cl)c3)c2nc1CCO. The van der Waals surface area contributed by atoms with Crippen LogP contribution < -0.4 is 5.32 Å². The summed E-state index contributed by atoms with van der Waals surface area (Å²) in [6.07, 6.45) is 4.01. The van der Waals surface area contributed by atoms with Gasteiger partial charge in [-0.15, -0.1) is 0 Å². The quantitative estimate of drug-likeness (QED) is 0.587. The zero-order chi connectivity index (χ0) is 17.4. The first-order valence-corrected chi connectivity index (χ1v) is 8.26. The molecule has 0 spiro atoms. The smallest absolute Gasteiger partial charge is 0.117 e. The normalized spacial score (nSPS) is 11.3. The zero-order valence-corrected chi connectivity index (χ0v) is 14.3. The summed E-state index contributed by atoms with van der Waals surface area (Å²) in [7, 11) is 1.92. The molecule has 4 rings (SSSR count). The van der Waals surface area contributed by atoms with E-state index < -0.39 is 0 Å². The number of aryl methyl sites for hydroxylation is 1. The Balaban J connectivity index is 1.97.